The minimum atomic E-state index is 0.0314. The third-order valence-electron chi connectivity index (χ3n) is 6.03. The van der Waals surface area contributed by atoms with E-state index >= 15 is 0 Å². The van der Waals surface area contributed by atoms with Crippen molar-refractivity contribution >= 4 is 17.1 Å². The van der Waals surface area contributed by atoms with Crippen LogP contribution in [0.25, 0.3) is 22.6 Å². The standard InChI is InChI=1S/C26H26N4O3/c1-3-33-22-12-8-19(9-13-22)26(31)29-16-14-20(17-29)30-24(18-6-10-21(32-2)11-7-18)28-23-5-4-15-27-25(23)30/h4-13,15,20H,3,14,16-17H2,1-2H3. The molecule has 4 aromatic rings. The molecule has 0 N–H and O–H groups in total. The molecule has 168 valence electrons. The SMILES string of the molecule is CCOc1ccc(C(=O)N2CCC(n3c(-c4ccc(OC)cc4)nc4cccnc43)C2)cc1. The molecule has 0 radical (unpaired) electrons. The lowest BCUT2D eigenvalue weighted by atomic mass is 10.1. The van der Waals surface area contributed by atoms with Crippen molar-refractivity contribution in [2.24, 2.45) is 0 Å². The highest BCUT2D eigenvalue weighted by atomic mass is 16.5. The van der Waals surface area contributed by atoms with Gasteiger partial charge in [-0.25, -0.2) is 9.97 Å². The van der Waals surface area contributed by atoms with Gasteiger partial charge in [0.2, 0.25) is 0 Å². The number of carbonyl (C=O) groups is 1. The van der Waals surface area contributed by atoms with Crippen molar-refractivity contribution in [3.8, 4) is 22.9 Å². The molecule has 1 atom stereocenters. The molecule has 7 heteroatoms. The summed E-state index contributed by atoms with van der Waals surface area (Å²) in [6, 6.07) is 19.2. The molecule has 0 bridgehead atoms. The third-order valence-corrected chi connectivity index (χ3v) is 6.03. The molecule has 1 saturated heterocycles. The van der Waals surface area contributed by atoms with Crippen molar-refractivity contribution in [1.29, 1.82) is 0 Å². The topological polar surface area (TPSA) is 69.5 Å². The summed E-state index contributed by atoms with van der Waals surface area (Å²) < 4.78 is 13.0. The lowest BCUT2D eigenvalue weighted by Crippen LogP contribution is -2.29. The van der Waals surface area contributed by atoms with Crippen LogP contribution >= 0.6 is 0 Å². The third kappa shape index (κ3) is 4.02. The van der Waals surface area contributed by atoms with Gasteiger partial charge in [-0.3, -0.25) is 4.79 Å². The van der Waals surface area contributed by atoms with E-state index < -0.39 is 0 Å². The number of hydrogen-bond acceptors (Lipinski definition) is 5. The van der Waals surface area contributed by atoms with E-state index in [2.05, 4.69) is 9.55 Å². The molecule has 1 amide bonds. The summed E-state index contributed by atoms with van der Waals surface area (Å²) in [7, 11) is 1.66. The molecule has 2 aromatic heterocycles. The average Bonchev–Trinajstić information content (AvgIpc) is 3.49. The summed E-state index contributed by atoms with van der Waals surface area (Å²) in [5.41, 5.74) is 3.34. The van der Waals surface area contributed by atoms with Crippen LogP contribution in [0.2, 0.25) is 0 Å². The Morgan fingerprint density at radius 2 is 1.82 bits per heavy atom. The van der Waals surface area contributed by atoms with Gasteiger partial charge >= 0.3 is 0 Å². The van der Waals surface area contributed by atoms with Crippen LogP contribution in [0.4, 0.5) is 0 Å². The smallest absolute Gasteiger partial charge is 0.253 e. The molecule has 0 spiro atoms. The van der Waals surface area contributed by atoms with Gasteiger partial charge in [0.25, 0.3) is 5.91 Å². The predicted molar refractivity (Wildman–Crippen MR) is 127 cm³/mol. The van der Waals surface area contributed by atoms with E-state index in [0.29, 0.717) is 25.3 Å². The monoisotopic (exact) mass is 442 g/mol. The van der Waals surface area contributed by atoms with E-state index in [-0.39, 0.29) is 11.9 Å². The molecule has 1 aliphatic rings. The molecule has 33 heavy (non-hydrogen) atoms. The Hall–Kier alpha value is -3.87. The van der Waals surface area contributed by atoms with Crippen LogP contribution in [-0.4, -0.2) is 52.1 Å². The number of nitrogens with zero attached hydrogens (tertiary/aromatic N) is 4. The van der Waals surface area contributed by atoms with Gasteiger partial charge in [0.15, 0.2) is 5.65 Å². The average molecular weight is 443 g/mol. The summed E-state index contributed by atoms with van der Waals surface area (Å²) in [5.74, 6) is 2.46. The Kier molecular flexibility index (Phi) is 5.69. The highest BCUT2D eigenvalue weighted by molar-refractivity contribution is 5.94. The largest absolute Gasteiger partial charge is 0.497 e. The van der Waals surface area contributed by atoms with E-state index in [1.165, 1.54) is 0 Å². The molecule has 7 nitrogen and oxygen atoms in total. The van der Waals surface area contributed by atoms with Crippen LogP contribution in [-0.2, 0) is 0 Å². The molecule has 0 aliphatic carbocycles. The second kappa shape index (κ2) is 8.94. The molecule has 0 saturated carbocycles. The number of aromatic nitrogens is 3. The maximum absolute atomic E-state index is 13.2. The number of fused-ring (bicyclic) bond motifs is 1. The minimum Gasteiger partial charge on any atom is -0.497 e. The molecular weight excluding hydrogens is 416 g/mol. The fourth-order valence-electron chi connectivity index (χ4n) is 4.40. The molecular formula is C26H26N4O3. The molecule has 5 rings (SSSR count). The van der Waals surface area contributed by atoms with Gasteiger partial charge in [-0.15, -0.1) is 0 Å². The van der Waals surface area contributed by atoms with E-state index in [4.69, 9.17) is 14.5 Å². The Morgan fingerprint density at radius 3 is 2.55 bits per heavy atom. The second-order valence-electron chi connectivity index (χ2n) is 8.03. The normalized spacial score (nSPS) is 15.7. The zero-order valence-corrected chi connectivity index (χ0v) is 18.8. The van der Waals surface area contributed by atoms with Crippen molar-refractivity contribution in [3.63, 3.8) is 0 Å². The maximum Gasteiger partial charge on any atom is 0.253 e. The minimum absolute atomic E-state index is 0.0314. The van der Waals surface area contributed by atoms with E-state index in [1.54, 1.807) is 13.3 Å². The summed E-state index contributed by atoms with van der Waals surface area (Å²) in [5, 5.41) is 0. The maximum atomic E-state index is 13.2. The summed E-state index contributed by atoms with van der Waals surface area (Å²) >= 11 is 0. The number of imidazole rings is 1. The van der Waals surface area contributed by atoms with Gasteiger partial charge in [0, 0.05) is 30.4 Å². The number of amides is 1. The second-order valence-corrected chi connectivity index (χ2v) is 8.03. The van der Waals surface area contributed by atoms with Crippen molar-refractivity contribution in [3.05, 3.63) is 72.4 Å². The first kappa shape index (κ1) is 21.0. The molecule has 3 heterocycles. The number of hydrogen-bond donors (Lipinski definition) is 0. The lowest BCUT2D eigenvalue weighted by Gasteiger charge is -2.19. The Balaban J connectivity index is 1.44. The first-order valence-corrected chi connectivity index (χ1v) is 11.2. The fraction of sp³-hybridized carbons (Fsp3) is 0.269. The molecule has 1 fully saturated rings. The first-order chi connectivity index (χ1) is 16.2. The van der Waals surface area contributed by atoms with Crippen LogP contribution in [0.3, 0.4) is 0 Å². The van der Waals surface area contributed by atoms with Gasteiger partial charge < -0.3 is 18.9 Å². The summed E-state index contributed by atoms with van der Waals surface area (Å²) in [4.78, 5) is 24.6. The van der Waals surface area contributed by atoms with Crippen molar-refractivity contribution in [1.82, 2.24) is 19.4 Å². The van der Waals surface area contributed by atoms with E-state index in [1.807, 2.05) is 72.5 Å². The lowest BCUT2D eigenvalue weighted by molar-refractivity contribution is 0.0788. The van der Waals surface area contributed by atoms with Crippen LogP contribution in [0.1, 0.15) is 29.7 Å². The number of carbonyl (C=O) groups excluding carboxylic acids is 1. The number of rotatable bonds is 6. The van der Waals surface area contributed by atoms with Crippen LogP contribution in [0, 0.1) is 0 Å². The van der Waals surface area contributed by atoms with Gasteiger partial charge in [0.1, 0.15) is 22.8 Å². The van der Waals surface area contributed by atoms with Gasteiger partial charge in [-0.2, -0.15) is 0 Å². The van der Waals surface area contributed by atoms with Crippen LogP contribution in [0.15, 0.2) is 66.9 Å². The summed E-state index contributed by atoms with van der Waals surface area (Å²) in [6.07, 6.45) is 2.63. The highest BCUT2D eigenvalue weighted by Crippen LogP contribution is 2.33. The number of benzene rings is 2. The zero-order chi connectivity index (χ0) is 22.8. The Labute approximate surface area is 192 Å². The number of pyridine rings is 1. The van der Waals surface area contributed by atoms with Gasteiger partial charge in [-0.05, 0) is 74.0 Å². The first-order valence-electron chi connectivity index (χ1n) is 11.2. The van der Waals surface area contributed by atoms with Crippen molar-refractivity contribution in [2.75, 3.05) is 26.8 Å². The van der Waals surface area contributed by atoms with Crippen LogP contribution in [0.5, 0.6) is 11.5 Å². The predicted octanol–water partition coefficient (Wildman–Crippen LogP) is 4.59. The fourth-order valence-corrected chi connectivity index (χ4v) is 4.40. The highest BCUT2D eigenvalue weighted by Gasteiger charge is 2.31. The van der Waals surface area contributed by atoms with Crippen molar-refractivity contribution < 1.29 is 14.3 Å². The quantitative estimate of drug-likeness (QED) is 0.437. The zero-order valence-electron chi connectivity index (χ0n) is 18.8. The molecule has 1 aliphatic heterocycles. The molecule has 2 aromatic carbocycles. The van der Waals surface area contributed by atoms with Crippen molar-refractivity contribution in [2.45, 2.75) is 19.4 Å². The Bertz CT molecular complexity index is 1270. The number of ether oxygens (including phenoxy) is 2. The van der Waals surface area contributed by atoms with Crippen LogP contribution < -0.4 is 9.47 Å². The Morgan fingerprint density at radius 1 is 1.06 bits per heavy atom. The number of methoxy groups -OCH3 is 1. The summed E-state index contributed by atoms with van der Waals surface area (Å²) in [6.45, 7) is 3.84. The van der Waals surface area contributed by atoms with E-state index in [0.717, 1.165) is 40.5 Å². The number of likely N-dealkylation sites (tertiary alicyclic amines) is 1. The molecule has 1 unspecified atom stereocenters. The van der Waals surface area contributed by atoms with Gasteiger partial charge in [-0.1, -0.05) is 0 Å². The van der Waals surface area contributed by atoms with Gasteiger partial charge in [0.05, 0.1) is 19.8 Å². The van der Waals surface area contributed by atoms with E-state index in [9.17, 15) is 4.79 Å².